The Labute approximate surface area is 98.6 Å². The van der Waals surface area contributed by atoms with Crippen LogP contribution in [-0.2, 0) is 4.79 Å². The van der Waals surface area contributed by atoms with Crippen LogP contribution in [0.1, 0.15) is 33.1 Å². The highest BCUT2D eigenvalue weighted by Crippen LogP contribution is 2.59. The molecule has 2 fully saturated rings. The number of nitrogens with zero attached hydrogens (tertiary/aromatic N) is 1. The predicted octanol–water partition coefficient (Wildman–Crippen LogP) is 1.49. The molecule has 1 spiro atoms. The molecule has 0 aromatic carbocycles. The van der Waals surface area contributed by atoms with Crippen LogP contribution in [0.5, 0.6) is 0 Å². The molecule has 0 bridgehead atoms. The maximum atomic E-state index is 12.2. The zero-order valence-electron chi connectivity index (χ0n) is 10.8. The molecule has 1 saturated carbocycles. The van der Waals surface area contributed by atoms with E-state index >= 15 is 0 Å². The van der Waals surface area contributed by atoms with E-state index < -0.39 is 0 Å². The van der Waals surface area contributed by atoms with Crippen molar-refractivity contribution in [3.8, 4) is 0 Å². The molecular formula is C13H24N2O. The minimum atomic E-state index is 0.332. The maximum Gasteiger partial charge on any atom is 0.226 e. The number of carbonyl (C=O) groups excluding carboxylic acids is 1. The molecule has 1 aliphatic carbocycles. The summed E-state index contributed by atoms with van der Waals surface area (Å²) in [4.78, 5) is 14.2. The van der Waals surface area contributed by atoms with Gasteiger partial charge in [-0.3, -0.25) is 4.79 Å². The van der Waals surface area contributed by atoms with E-state index in [1.165, 1.54) is 12.8 Å². The van der Waals surface area contributed by atoms with Crippen molar-refractivity contribution in [2.24, 2.45) is 17.3 Å². The number of amides is 1. The van der Waals surface area contributed by atoms with Crippen LogP contribution in [0.25, 0.3) is 0 Å². The molecule has 1 N–H and O–H groups in total. The van der Waals surface area contributed by atoms with Gasteiger partial charge in [-0.2, -0.15) is 0 Å². The molecule has 1 saturated heterocycles. The topological polar surface area (TPSA) is 32.3 Å². The molecule has 0 aromatic rings. The molecule has 1 unspecified atom stereocenters. The van der Waals surface area contributed by atoms with Gasteiger partial charge in [-0.1, -0.05) is 13.8 Å². The van der Waals surface area contributed by atoms with Crippen molar-refractivity contribution in [1.29, 1.82) is 0 Å². The fourth-order valence-corrected chi connectivity index (χ4v) is 3.08. The standard InChI is InChI=1S/C13H24N2O/c1-10(2)9-15(3)12(16)11-8-13(11)4-6-14-7-5-13/h10-11,14H,4-9H2,1-3H3. The summed E-state index contributed by atoms with van der Waals surface area (Å²) in [5, 5.41) is 3.38. The van der Waals surface area contributed by atoms with Crippen LogP contribution >= 0.6 is 0 Å². The van der Waals surface area contributed by atoms with Crippen molar-refractivity contribution >= 4 is 5.91 Å². The third-order valence-electron chi connectivity index (χ3n) is 4.10. The van der Waals surface area contributed by atoms with Crippen LogP contribution in [0.4, 0.5) is 0 Å². The number of hydrogen-bond donors (Lipinski definition) is 1. The summed E-state index contributed by atoms with van der Waals surface area (Å²) in [7, 11) is 1.95. The minimum Gasteiger partial charge on any atom is -0.345 e. The Morgan fingerprint density at radius 1 is 1.44 bits per heavy atom. The summed E-state index contributed by atoms with van der Waals surface area (Å²) >= 11 is 0. The van der Waals surface area contributed by atoms with Crippen molar-refractivity contribution in [3.63, 3.8) is 0 Å². The maximum absolute atomic E-state index is 12.2. The normalized spacial score (nSPS) is 27.1. The van der Waals surface area contributed by atoms with Gasteiger partial charge in [0.25, 0.3) is 0 Å². The Morgan fingerprint density at radius 2 is 2.06 bits per heavy atom. The molecule has 3 heteroatoms. The first-order valence-electron chi connectivity index (χ1n) is 6.51. The van der Waals surface area contributed by atoms with Crippen molar-refractivity contribution in [2.75, 3.05) is 26.7 Å². The second-order valence-corrected chi connectivity index (χ2v) is 5.98. The first kappa shape index (κ1) is 11.9. The van der Waals surface area contributed by atoms with Crippen LogP contribution in [0.3, 0.4) is 0 Å². The largest absolute Gasteiger partial charge is 0.345 e. The zero-order valence-corrected chi connectivity index (χ0v) is 10.8. The van der Waals surface area contributed by atoms with E-state index in [0.29, 0.717) is 23.2 Å². The van der Waals surface area contributed by atoms with Gasteiger partial charge < -0.3 is 10.2 Å². The molecule has 16 heavy (non-hydrogen) atoms. The number of rotatable bonds is 3. The Kier molecular flexibility index (Phi) is 3.24. The lowest BCUT2D eigenvalue weighted by atomic mass is 9.91. The summed E-state index contributed by atoms with van der Waals surface area (Å²) in [5.74, 6) is 1.28. The van der Waals surface area contributed by atoms with Gasteiger partial charge in [-0.05, 0) is 43.7 Å². The monoisotopic (exact) mass is 224 g/mol. The summed E-state index contributed by atoms with van der Waals surface area (Å²) < 4.78 is 0. The van der Waals surface area contributed by atoms with Crippen LogP contribution < -0.4 is 5.32 Å². The van der Waals surface area contributed by atoms with Gasteiger partial charge >= 0.3 is 0 Å². The van der Waals surface area contributed by atoms with Crippen molar-refractivity contribution in [1.82, 2.24) is 10.2 Å². The molecule has 1 heterocycles. The Balaban J connectivity index is 1.88. The number of hydrogen-bond acceptors (Lipinski definition) is 2. The van der Waals surface area contributed by atoms with E-state index in [2.05, 4.69) is 19.2 Å². The highest BCUT2D eigenvalue weighted by molar-refractivity contribution is 5.82. The van der Waals surface area contributed by atoms with Crippen molar-refractivity contribution in [2.45, 2.75) is 33.1 Å². The molecular weight excluding hydrogens is 200 g/mol. The van der Waals surface area contributed by atoms with E-state index in [9.17, 15) is 4.79 Å². The van der Waals surface area contributed by atoms with Gasteiger partial charge in [-0.25, -0.2) is 0 Å². The van der Waals surface area contributed by atoms with Crippen molar-refractivity contribution in [3.05, 3.63) is 0 Å². The molecule has 92 valence electrons. The molecule has 1 atom stereocenters. The van der Waals surface area contributed by atoms with Crippen LogP contribution in [-0.4, -0.2) is 37.5 Å². The first-order valence-corrected chi connectivity index (χ1v) is 6.51. The third kappa shape index (κ3) is 2.24. The van der Waals surface area contributed by atoms with Gasteiger partial charge in [0.15, 0.2) is 0 Å². The molecule has 3 nitrogen and oxygen atoms in total. The number of nitrogens with one attached hydrogen (secondary N) is 1. The summed E-state index contributed by atoms with van der Waals surface area (Å²) in [6, 6.07) is 0. The summed E-state index contributed by atoms with van der Waals surface area (Å²) in [6.45, 7) is 7.41. The average molecular weight is 224 g/mol. The summed E-state index contributed by atoms with van der Waals surface area (Å²) in [5.41, 5.74) is 0.383. The molecule has 2 aliphatic rings. The first-order chi connectivity index (χ1) is 7.55. The lowest BCUT2D eigenvalue weighted by Crippen LogP contribution is -2.36. The Hall–Kier alpha value is -0.570. The highest BCUT2D eigenvalue weighted by atomic mass is 16.2. The number of piperidine rings is 1. The van der Waals surface area contributed by atoms with E-state index in [0.717, 1.165) is 26.1 Å². The van der Waals surface area contributed by atoms with Gasteiger partial charge in [0, 0.05) is 19.5 Å². The van der Waals surface area contributed by atoms with E-state index in [1.807, 2.05) is 11.9 Å². The van der Waals surface area contributed by atoms with Gasteiger partial charge in [0.05, 0.1) is 0 Å². The lowest BCUT2D eigenvalue weighted by molar-refractivity contribution is -0.132. The van der Waals surface area contributed by atoms with Gasteiger partial charge in [0.2, 0.25) is 5.91 Å². The fourth-order valence-electron chi connectivity index (χ4n) is 3.08. The Bertz CT molecular complexity index is 269. The Morgan fingerprint density at radius 3 is 2.62 bits per heavy atom. The molecule has 0 radical (unpaired) electrons. The summed E-state index contributed by atoms with van der Waals surface area (Å²) in [6.07, 6.45) is 3.52. The van der Waals surface area contributed by atoms with Gasteiger partial charge in [0.1, 0.15) is 0 Å². The molecule has 1 amide bonds. The second kappa shape index (κ2) is 4.36. The highest BCUT2D eigenvalue weighted by Gasteiger charge is 2.58. The minimum absolute atomic E-state index is 0.332. The quantitative estimate of drug-likeness (QED) is 0.788. The predicted molar refractivity (Wildman–Crippen MR) is 65.1 cm³/mol. The third-order valence-corrected chi connectivity index (χ3v) is 4.10. The van der Waals surface area contributed by atoms with Crippen LogP contribution in [0.15, 0.2) is 0 Å². The SMILES string of the molecule is CC(C)CN(C)C(=O)C1CC12CCNCC2. The van der Waals surface area contributed by atoms with Gasteiger partial charge in [-0.15, -0.1) is 0 Å². The lowest BCUT2D eigenvalue weighted by Gasteiger charge is -2.25. The van der Waals surface area contributed by atoms with Crippen LogP contribution in [0.2, 0.25) is 0 Å². The molecule has 1 aliphatic heterocycles. The molecule has 0 aromatic heterocycles. The average Bonchev–Trinajstić information content (AvgIpc) is 2.91. The van der Waals surface area contributed by atoms with E-state index in [4.69, 9.17) is 0 Å². The van der Waals surface area contributed by atoms with Crippen LogP contribution in [0, 0.1) is 17.3 Å². The fraction of sp³-hybridized carbons (Fsp3) is 0.923. The zero-order chi connectivity index (χ0) is 11.8. The van der Waals surface area contributed by atoms with Crippen molar-refractivity contribution < 1.29 is 4.79 Å². The number of carbonyl (C=O) groups is 1. The molecule has 2 rings (SSSR count). The smallest absolute Gasteiger partial charge is 0.226 e. The van der Waals surface area contributed by atoms with E-state index in [-0.39, 0.29) is 0 Å². The van der Waals surface area contributed by atoms with E-state index in [1.54, 1.807) is 0 Å². The second-order valence-electron chi connectivity index (χ2n) is 5.98.